The van der Waals surface area contributed by atoms with Crippen LogP contribution < -0.4 is 15.2 Å². The number of ether oxygens (including phenoxy) is 1. The number of allylic oxidation sites excluding steroid dienone is 1. The molecule has 0 bridgehead atoms. The zero-order valence-electron chi connectivity index (χ0n) is 11.1. The van der Waals surface area contributed by atoms with Gasteiger partial charge < -0.3 is 10.5 Å². The third-order valence-electron chi connectivity index (χ3n) is 3.16. The monoisotopic (exact) mass is 360 g/mol. The van der Waals surface area contributed by atoms with E-state index in [9.17, 15) is 8.42 Å². The maximum absolute atomic E-state index is 12.5. The molecule has 1 aromatic rings. The number of nitrogens with one attached hydrogen (secondary N) is 1. The molecule has 0 fully saturated rings. The van der Waals surface area contributed by atoms with Crippen molar-refractivity contribution in [3.63, 3.8) is 0 Å². The van der Waals surface area contributed by atoms with Gasteiger partial charge in [0.15, 0.2) is 0 Å². The molecular weight excluding hydrogens is 344 g/mol. The highest BCUT2D eigenvalue weighted by Crippen LogP contribution is 2.32. The van der Waals surface area contributed by atoms with Gasteiger partial charge in [0.25, 0.3) is 0 Å². The van der Waals surface area contributed by atoms with E-state index in [2.05, 4.69) is 26.7 Å². The Hall–Kier alpha value is -1.05. The van der Waals surface area contributed by atoms with Crippen molar-refractivity contribution in [2.24, 2.45) is 0 Å². The van der Waals surface area contributed by atoms with Crippen LogP contribution in [0.4, 0.5) is 5.69 Å². The van der Waals surface area contributed by atoms with Crippen molar-refractivity contribution in [2.45, 2.75) is 30.2 Å². The lowest BCUT2D eigenvalue weighted by Crippen LogP contribution is -2.35. The Morgan fingerprint density at radius 2 is 2.15 bits per heavy atom. The van der Waals surface area contributed by atoms with Crippen molar-refractivity contribution >= 4 is 31.6 Å². The molecule has 1 aromatic carbocycles. The van der Waals surface area contributed by atoms with Gasteiger partial charge in [-0.2, -0.15) is 0 Å². The molecule has 5 nitrogen and oxygen atoms in total. The van der Waals surface area contributed by atoms with Gasteiger partial charge >= 0.3 is 0 Å². The molecule has 1 aliphatic carbocycles. The molecule has 7 heteroatoms. The first kappa shape index (κ1) is 15.3. The molecule has 0 aliphatic heterocycles. The van der Waals surface area contributed by atoms with Crippen LogP contribution in [0.1, 0.15) is 19.3 Å². The van der Waals surface area contributed by atoms with Crippen LogP contribution in [0.2, 0.25) is 0 Å². The predicted octanol–water partition coefficient (Wildman–Crippen LogP) is 2.43. The molecule has 0 saturated heterocycles. The first-order valence-corrected chi connectivity index (χ1v) is 8.52. The number of hydrogen-bond donors (Lipinski definition) is 2. The van der Waals surface area contributed by atoms with E-state index in [-0.39, 0.29) is 16.7 Å². The average Bonchev–Trinajstić information content (AvgIpc) is 2.42. The number of nitrogen functional groups attached to an aromatic ring is 1. The molecule has 0 spiro atoms. The molecule has 1 aliphatic rings. The quantitative estimate of drug-likeness (QED) is 0.638. The van der Waals surface area contributed by atoms with Gasteiger partial charge in [-0.15, -0.1) is 0 Å². The van der Waals surface area contributed by atoms with Crippen molar-refractivity contribution < 1.29 is 13.2 Å². The van der Waals surface area contributed by atoms with Gasteiger partial charge in [0, 0.05) is 16.2 Å². The third-order valence-corrected chi connectivity index (χ3v) is 5.39. The van der Waals surface area contributed by atoms with Crippen molar-refractivity contribution in [3.8, 4) is 5.75 Å². The van der Waals surface area contributed by atoms with Crippen LogP contribution in [-0.2, 0) is 10.0 Å². The first-order chi connectivity index (χ1) is 9.44. The van der Waals surface area contributed by atoms with Crippen molar-refractivity contribution in [1.29, 1.82) is 0 Å². The van der Waals surface area contributed by atoms with Gasteiger partial charge in [-0.3, -0.25) is 0 Å². The highest BCUT2D eigenvalue weighted by atomic mass is 79.9. The van der Waals surface area contributed by atoms with E-state index in [1.807, 2.05) is 6.08 Å². The maximum Gasteiger partial charge on any atom is 0.244 e. The molecule has 0 radical (unpaired) electrons. The molecule has 110 valence electrons. The zero-order valence-corrected chi connectivity index (χ0v) is 13.5. The van der Waals surface area contributed by atoms with Crippen LogP contribution in [0, 0.1) is 0 Å². The number of methoxy groups -OCH3 is 1. The number of sulfonamides is 1. The first-order valence-electron chi connectivity index (χ1n) is 6.24. The Kier molecular flexibility index (Phi) is 4.72. The van der Waals surface area contributed by atoms with E-state index in [1.54, 1.807) is 6.07 Å². The number of anilines is 1. The lowest BCUT2D eigenvalue weighted by Gasteiger charge is -2.20. The summed E-state index contributed by atoms with van der Waals surface area (Å²) in [5.41, 5.74) is 6.12. The summed E-state index contributed by atoms with van der Waals surface area (Å²) in [5.74, 6) is 0.268. The van der Waals surface area contributed by atoms with Gasteiger partial charge in [0.05, 0.1) is 7.11 Å². The maximum atomic E-state index is 12.5. The number of nitrogens with two attached hydrogens (primary N) is 1. The molecule has 2 rings (SSSR count). The molecule has 0 heterocycles. The van der Waals surface area contributed by atoms with E-state index in [0.29, 0.717) is 16.6 Å². The van der Waals surface area contributed by atoms with Crippen molar-refractivity contribution in [2.75, 3.05) is 12.8 Å². The summed E-state index contributed by atoms with van der Waals surface area (Å²) in [4.78, 5) is 0.0650. The summed E-state index contributed by atoms with van der Waals surface area (Å²) in [6.45, 7) is 0. The third kappa shape index (κ3) is 3.34. The van der Waals surface area contributed by atoms with Gasteiger partial charge in [-0.05, 0) is 47.3 Å². The Balaban J connectivity index is 2.33. The van der Waals surface area contributed by atoms with E-state index in [0.717, 1.165) is 12.8 Å². The van der Waals surface area contributed by atoms with Crippen LogP contribution in [0.25, 0.3) is 0 Å². The topological polar surface area (TPSA) is 81.4 Å². The zero-order chi connectivity index (χ0) is 14.8. The van der Waals surface area contributed by atoms with E-state index >= 15 is 0 Å². The second-order valence-corrected chi connectivity index (χ2v) is 7.16. The average molecular weight is 361 g/mol. The summed E-state index contributed by atoms with van der Waals surface area (Å²) < 4.78 is 33.4. The highest BCUT2D eigenvalue weighted by molar-refractivity contribution is 9.10. The second kappa shape index (κ2) is 6.15. The second-order valence-electron chi connectivity index (χ2n) is 4.63. The Bertz CT molecular complexity index is 629. The fourth-order valence-corrected chi connectivity index (χ4v) is 3.90. The lowest BCUT2D eigenvalue weighted by molar-refractivity contribution is 0.401. The Morgan fingerprint density at radius 3 is 2.75 bits per heavy atom. The summed E-state index contributed by atoms with van der Waals surface area (Å²) in [5, 5.41) is 0. The van der Waals surface area contributed by atoms with E-state index < -0.39 is 10.0 Å². The standard InChI is InChI=1S/C13H17BrN2O3S/c1-19-12-7-10(14)11(15)8-13(12)20(17,18)16-9-5-3-2-4-6-9/h2-3,7-9,16H,4-6,15H2,1H3. The van der Waals surface area contributed by atoms with Crippen LogP contribution in [0.3, 0.4) is 0 Å². The SMILES string of the molecule is COc1cc(Br)c(N)cc1S(=O)(=O)NC1CC=CCC1. The smallest absolute Gasteiger partial charge is 0.244 e. The summed E-state index contributed by atoms with van der Waals surface area (Å²) in [7, 11) is -2.22. The van der Waals surface area contributed by atoms with Crippen LogP contribution in [0.5, 0.6) is 5.75 Å². The molecule has 0 saturated carbocycles. The van der Waals surface area contributed by atoms with Crippen LogP contribution >= 0.6 is 15.9 Å². The minimum atomic E-state index is -3.65. The Morgan fingerprint density at radius 1 is 1.40 bits per heavy atom. The number of benzene rings is 1. The van der Waals surface area contributed by atoms with Crippen LogP contribution in [-0.4, -0.2) is 21.6 Å². The molecule has 1 atom stereocenters. The largest absolute Gasteiger partial charge is 0.495 e. The molecule has 3 N–H and O–H groups in total. The molecule has 1 unspecified atom stereocenters. The van der Waals surface area contributed by atoms with Gasteiger partial charge in [0.1, 0.15) is 10.6 Å². The molecule has 20 heavy (non-hydrogen) atoms. The number of halogens is 1. The summed E-state index contributed by atoms with van der Waals surface area (Å²) in [6, 6.07) is 2.88. The van der Waals surface area contributed by atoms with E-state index in [4.69, 9.17) is 10.5 Å². The fraction of sp³-hybridized carbons (Fsp3) is 0.385. The van der Waals surface area contributed by atoms with Crippen LogP contribution in [0.15, 0.2) is 33.7 Å². The predicted molar refractivity (Wildman–Crippen MR) is 82.2 cm³/mol. The summed E-state index contributed by atoms with van der Waals surface area (Å²) in [6.07, 6.45) is 6.43. The minimum absolute atomic E-state index is 0.0650. The Labute approximate surface area is 127 Å². The van der Waals surface area contributed by atoms with Gasteiger partial charge in [0.2, 0.25) is 10.0 Å². The summed E-state index contributed by atoms with van der Waals surface area (Å²) >= 11 is 3.26. The normalized spacial score (nSPS) is 19.0. The number of hydrogen-bond acceptors (Lipinski definition) is 4. The minimum Gasteiger partial charge on any atom is -0.495 e. The molecule has 0 aromatic heterocycles. The van der Waals surface area contributed by atoms with E-state index in [1.165, 1.54) is 13.2 Å². The lowest BCUT2D eigenvalue weighted by atomic mass is 10.0. The van der Waals surface area contributed by atoms with Crippen molar-refractivity contribution in [1.82, 2.24) is 4.72 Å². The molecule has 0 amide bonds. The molecular formula is C13H17BrN2O3S. The van der Waals surface area contributed by atoms with Crippen molar-refractivity contribution in [3.05, 3.63) is 28.8 Å². The fourth-order valence-electron chi connectivity index (χ4n) is 2.10. The van der Waals surface area contributed by atoms with Gasteiger partial charge in [-0.25, -0.2) is 13.1 Å². The van der Waals surface area contributed by atoms with Gasteiger partial charge in [-0.1, -0.05) is 12.2 Å². The highest BCUT2D eigenvalue weighted by Gasteiger charge is 2.24. The number of rotatable bonds is 4.